The van der Waals surface area contributed by atoms with Gasteiger partial charge in [0.1, 0.15) is 5.75 Å². The van der Waals surface area contributed by atoms with E-state index in [9.17, 15) is 5.11 Å². The third-order valence-electron chi connectivity index (χ3n) is 2.80. The molecule has 1 aromatic carbocycles. The summed E-state index contributed by atoms with van der Waals surface area (Å²) in [5, 5.41) is 10.7. The number of halogens is 2. The molecule has 1 aromatic rings. The second kappa shape index (κ2) is 6.11. The van der Waals surface area contributed by atoms with Crippen LogP contribution in [0.4, 0.5) is 0 Å². The zero-order valence-corrected chi connectivity index (χ0v) is 12.5. The number of nitrogens with two attached hydrogens (primary N) is 1. The summed E-state index contributed by atoms with van der Waals surface area (Å²) in [7, 11) is 1.98. The van der Waals surface area contributed by atoms with Gasteiger partial charge >= 0.3 is 0 Å². The van der Waals surface area contributed by atoms with Crippen molar-refractivity contribution in [2.75, 3.05) is 20.1 Å². The summed E-state index contributed by atoms with van der Waals surface area (Å²) in [6.45, 7) is 6.23. The van der Waals surface area contributed by atoms with Gasteiger partial charge in [-0.2, -0.15) is 0 Å². The molecule has 0 spiro atoms. The molecule has 0 radical (unpaired) electrons. The standard InChI is InChI=1S/C13H20Cl2N2O/c1-13(2,7-16)8-17(3)6-9-4-10(14)5-11(15)12(9)18/h4-5,18H,6-8,16H2,1-3H3. The number of benzene rings is 1. The van der Waals surface area contributed by atoms with E-state index in [0.29, 0.717) is 18.1 Å². The Balaban J connectivity index is 2.79. The lowest BCUT2D eigenvalue weighted by molar-refractivity contribution is 0.208. The van der Waals surface area contributed by atoms with E-state index in [4.69, 9.17) is 28.9 Å². The molecule has 3 nitrogen and oxygen atoms in total. The Labute approximate surface area is 118 Å². The highest BCUT2D eigenvalue weighted by atomic mass is 35.5. The molecule has 0 unspecified atom stereocenters. The van der Waals surface area contributed by atoms with Crippen LogP contribution < -0.4 is 5.73 Å². The number of hydrogen-bond donors (Lipinski definition) is 2. The maximum absolute atomic E-state index is 9.88. The zero-order valence-electron chi connectivity index (χ0n) is 11.0. The molecule has 0 aromatic heterocycles. The van der Waals surface area contributed by atoms with Crippen molar-refractivity contribution in [2.45, 2.75) is 20.4 Å². The lowest BCUT2D eigenvalue weighted by Crippen LogP contribution is -2.36. The molecule has 0 fully saturated rings. The molecule has 0 amide bonds. The number of hydrogen-bond acceptors (Lipinski definition) is 3. The molecule has 0 aliphatic rings. The van der Waals surface area contributed by atoms with Gasteiger partial charge < -0.3 is 15.7 Å². The molecule has 1 rings (SSSR count). The number of rotatable bonds is 5. The van der Waals surface area contributed by atoms with Crippen LogP contribution in [0.15, 0.2) is 12.1 Å². The predicted octanol–water partition coefficient (Wildman–Crippen LogP) is 3.12. The summed E-state index contributed by atoms with van der Waals surface area (Å²) in [5.41, 5.74) is 6.47. The van der Waals surface area contributed by atoms with E-state index >= 15 is 0 Å². The summed E-state index contributed by atoms with van der Waals surface area (Å²) >= 11 is 11.8. The largest absolute Gasteiger partial charge is 0.506 e. The van der Waals surface area contributed by atoms with Crippen molar-refractivity contribution in [3.63, 3.8) is 0 Å². The Kier molecular flexibility index (Phi) is 5.29. The Bertz CT molecular complexity index is 422. The SMILES string of the molecule is CN(Cc1cc(Cl)cc(Cl)c1O)CC(C)(C)CN. The first-order chi connectivity index (χ1) is 8.25. The zero-order chi connectivity index (χ0) is 13.9. The van der Waals surface area contributed by atoms with E-state index in [1.807, 2.05) is 7.05 Å². The van der Waals surface area contributed by atoms with E-state index in [1.54, 1.807) is 6.07 Å². The summed E-state index contributed by atoms with van der Waals surface area (Å²) in [5.74, 6) is 0.0958. The average Bonchev–Trinajstić information content (AvgIpc) is 2.24. The molecule has 18 heavy (non-hydrogen) atoms. The van der Waals surface area contributed by atoms with Gasteiger partial charge in [0.15, 0.2) is 0 Å². The average molecular weight is 291 g/mol. The molecule has 0 saturated carbocycles. The van der Waals surface area contributed by atoms with Crippen molar-refractivity contribution in [3.05, 3.63) is 27.7 Å². The molecular formula is C13H20Cl2N2O. The van der Waals surface area contributed by atoms with Gasteiger partial charge in [-0.25, -0.2) is 0 Å². The van der Waals surface area contributed by atoms with Crippen molar-refractivity contribution in [3.8, 4) is 5.75 Å². The molecule has 5 heteroatoms. The third-order valence-corrected chi connectivity index (χ3v) is 3.30. The highest BCUT2D eigenvalue weighted by Crippen LogP contribution is 2.32. The first kappa shape index (κ1) is 15.6. The van der Waals surface area contributed by atoms with Gasteiger partial charge in [0, 0.05) is 23.7 Å². The predicted molar refractivity (Wildman–Crippen MR) is 77.3 cm³/mol. The van der Waals surface area contributed by atoms with Gasteiger partial charge in [0.2, 0.25) is 0 Å². The molecular weight excluding hydrogens is 271 g/mol. The van der Waals surface area contributed by atoms with Crippen LogP contribution in [0.5, 0.6) is 5.75 Å². The summed E-state index contributed by atoms with van der Waals surface area (Å²) in [4.78, 5) is 2.09. The van der Waals surface area contributed by atoms with Crippen LogP contribution in [0.25, 0.3) is 0 Å². The van der Waals surface area contributed by atoms with Crippen LogP contribution in [0.3, 0.4) is 0 Å². The molecule has 102 valence electrons. The Morgan fingerprint density at radius 1 is 1.33 bits per heavy atom. The van der Waals surface area contributed by atoms with Gasteiger partial charge in [0.25, 0.3) is 0 Å². The second-order valence-corrected chi connectivity index (χ2v) is 6.28. The first-order valence-electron chi connectivity index (χ1n) is 5.80. The van der Waals surface area contributed by atoms with Crippen molar-refractivity contribution < 1.29 is 5.11 Å². The Morgan fingerprint density at radius 2 is 1.94 bits per heavy atom. The van der Waals surface area contributed by atoms with Gasteiger partial charge in [-0.15, -0.1) is 0 Å². The molecule has 0 aliphatic carbocycles. The van der Waals surface area contributed by atoms with Gasteiger partial charge in [-0.05, 0) is 31.1 Å². The second-order valence-electron chi connectivity index (χ2n) is 5.44. The van der Waals surface area contributed by atoms with E-state index in [0.717, 1.165) is 12.1 Å². The first-order valence-corrected chi connectivity index (χ1v) is 6.56. The highest BCUT2D eigenvalue weighted by molar-refractivity contribution is 6.35. The molecule has 0 bridgehead atoms. The van der Waals surface area contributed by atoms with Gasteiger partial charge in [-0.1, -0.05) is 37.0 Å². The van der Waals surface area contributed by atoms with Crippen molar-refractivity contribution in [1.82, 2.24) is 4.90 Å². The fourth-order valence-electron chi connectivity index (χ4n) is 1.88. The monoisotopic (exact) mass is 290 g/mol. The third kappa shape index (κ3) is 4.32. The minimum Gasteiger partial charge on any atom is -0.506 e. The number of aromatic hydroxyl groups is 1. The molecule has 0 saturated heterocycles. The molecule has 0 aliphatic heterocycles. The maximum atomic E-state index is 9.88. The van der Waals surface area contributed by atoms with E-state index in [2.05, 4.69) is 18.7 Å². The minimum absolute atomic E-state index is 0.0345. The van der Waals surface area contributed by atoms with Crippen LogP contribution in [0.2, 0.25) is 10.0 Å². The normalized spacial score (nSPS) is 12.2. The van der Waals surface area contributed by atoms with Crippen molar-refractivity contribution in [2.24, 2.45) is 11.1 Å². The van der Waals surface area contributed by atoms with Crippen molar-refractivity contribution in [1.29, 1.82) is 0 Å². The van der Waals surface area contributed by atoms with Gasteiger partial charge in [0.05, 0.1) is 5.02 Å². The minimum atomic E-state index is 0.0345. The fraction of sp³-hybridized carbons (Fsp3) is 0.538. The molecule has 0 heterocycles. The lowest BCUT2D eigenvalue weighted by Gasteiger charge is -2.29. The van der Waals surface area contributed by atoms with Crippen molar-refractivity contribution >= 4 is 23.2 Å². The quantitative estimate of drug-likeness (QED) is 0.876. The van der Waals surface area contributed by atoms with Gasteiger partial charge in [-0.3, -0.25) is 0 Å². The lowest BCUT2D eigenvalue weighted by atomic mass is 9.93. The molecule has 3 N–H and O–H groups in total. The van der Waals surface area contributed by atoms with Crippen LogP contribution in [0, 0.1) is 5.41 Å². The van der Waals surface area contributed by atoms with Crippen LogP contribution in [0.1, 0.15) is 19.4 Å². The Morgan fingerprint density at radius 3 is 2.50 bits per heavy atom. The van der Waals surface area contributed by atoms with Crippen LogP contribution in [-0.4, -0.2) is 30.1 Å². The summed E-state index contributed by atoms with van der Waals surface area (Å²) in [6, 6.07) is 3.26. The number of phenols is 1. The fourth-order valence-corrected chi connectivity index (χ4v) is 2.42. The van der Waals surface area contributed by atoms with E-state index in [-0.39, 0.29) is 16.2 Å². The number of nitrogens with zero attached hydrogens (tertiary/aromatic N) is 1. The van der Waals surface area contributed by atoms with E-state index < -0.39 is 0 Å². The van der Waals surface area contributed by atoms with Crippen LogP contribution in [-0.2, 0) is 6.54 Å². The Hall–Kier alpha value is -0.480. The molecule has 0 atom stereocenters. The van der Waals surface area contributed by atoms with E-state index in [1.165, 1.54) is 6.07 Å². The smallest absolute Gasteiger partial charge is 0.138 e. The maximum Gasteiger partial charge on any atom is 0.138 e. The van der Waals surface area contributed by atoms with Crippen LogP contribution >= 0.6 is 23.2 Å². The summed E-state index contributed by atoms with van der Waals surface area (Å²) < 4.78 is 0. The summed E-state index contributed by atoms with van der Waals surface area (Å²) in [6.07, 6.45) is 0. The number of phenolic OH excluding ortho intramolecular Hbond substituents is 1. The topological polar surface area (TPSA) is 49.5 Å². The highest BCUT2D eigenvalue weighted by Gasteiger charge is 2.19.